The van der Waals surface area contributed by atoms with Crippen LogP contribution in [0.15, 0.2) is 11.6 Å². The van der Waals surface area contributed by atoms with Gasteiger partial charge in [-0.2, -0.15) is 5.10 Å². The van der Waals surface area contributed by atoms with Gasteiger partial charge in [-0.25, -0.2) is 9.97 Å². The third-order valence-corrected chi connectivity index (χ3v) is 4.95. The Balaban J connectivity index is 1.95. The topological polar surface area (TPSA) is 55.6 Å². The molecule has 3 rings (SSSR count). The minimum atomic E-state index is 0.613. The Labute approximate surface area is 140 Å². The summed E-state index contributed by atoms with van der Waals surface area (Å²) < 4.78 is 1.90. The molecule has 3 aromatic heterocycles. The van der Waals surface area contributed by atoms with E-state index in [1.807, 2.05) is 24.9 Å². The van der Waals surface area contributed by atoms with Crippen LogP contribution < -0.4 is 5.32 Å². The second-order valence-electron chi connectivity index (χ2n) is 6.39. The number of hydrogen-bond donors (Lipinski definition) is 1. The Morgan fingerprint density at radius 1 is 1.22 bits per heavy atom. The van der Waals surface area contributed by atoms with Gasteiger partial charge in [0.1, 0.15) is 16.5 Å². The molecule has 0 aliphatic carbocycles. The fourth-order valence-corrected chi connectivity index (χ4v) is 3.72. The molecule has 5 nitrogen and oxygen atoms in total. The maximum absolute atomic E-state index is 4.65. The molecule has 0 bridgehead atoms. The fourth-order valence-electron chi connectivity index (χ4n) is 2.72. The van der Waals surface area contributed by atoms with Gasteiger partial charge < -0.3 is 5.32 Å². The van der Waals surface area contributed by atoms with Crippen molar-refractivity contribution < 1.29 is 0 Å². The van der Waals surface area contributed by atoms with Gasteiger partial charge in [-0.15, -0.1) is 11.3 Å². The summed E-state index contributed by atoms with van der Waals surface area (Å²) in [7, 11) is 1.96. The average molecular weight is 329 g/mol. The molecule has 6 heteroatoms. The summed E-state index contributed by atoms with van der Waals surface area (Å²) in [4.78, 5) is 10.3. The van der Waals surface area contributed by atoms with Crippen LogP contribution in [0.3, 0.4) is 0 Å². The van der Waals surface area contributed by atoms with E-state index in [0.29, 0.717) is 5.92 Å². The molecular weight excluding hydrogens is 306 g/mol. The van der Waals surface area contributed by atoms with Gasteiger partial charge in [-0.3, -0.25) is 4.68 Å². The molecule has 0 radical (unpaired) electrons. The minimum Gasteiger partial charge on any atom is -0.365 e. The Kier molecular flexibility index (Phi) is 4.35. The highest BCUT2D eigenvalue weighted by Crippen LogP contribution is 2.31. The molecule has 0 saturated heterocycles. The van der Waals surface area contributed by atoms with Crippen LogP contribution in [0, 0.1) is 19.8 Å². The Morgan fingerprint density at radius 2 is 2.00 bits per heavy atom. The Hall–Kier alpha value is -1.95. The van der Waals surface area contributed by atoms with Crippen LogP contribution in [0.4, 0.5) is 5.82 Å². The molecule has 23 heavy (non-hydrogen) atoms. The molecule has 3 aromatic rings. The summed E-state index contributed by atoms with van der Waals surface area (Å²) in [6, 6.07) is 0. The zero-order chi connectivity index (χ0) is 16.6. The number of rotatable bonds is 5. The normalized spacial score (nSPS) is 11.6. The smallest absolute Gasteiger partial charge is 0.139 e. The lowest BCUT2D eigenvalue weighted by atomic mass is 10.0. The highest BCUT2D eigenvalue weighted by Gasteiger charge is 2.14. The van der Waals surface area contributed by atoms with E-state index >= 15 is 0 Å². The quantitative estimate of drug-likeness (QED) is 0.772. The third-order valence-electron chi connectivity index (χ3n) is 4.03. The molecule has 0 fully saturated rings. The first-order valence-electron chi connectivity index (χ1n) is 7.91. The van der Waals surface area contributed by atoms with Crippen molar-refractivity contribution in [3.63, 3.8) is 0 Å². The average Bonchev–Trinajstić information content (AvgIpc) is 3.01. The number of anilines is 1. The summed E-state index contributed by atoms with van der Waals surface area (Å²) in [5.41, 5.74) is 3.70. The van der Waals surface area contributed by atoms with E-state index in [2.05, 4.69) is 46.5 Å². The molecule has 122 valence electrons. The van der Waals surface area contributed by atoms with Gasteiger partial charge in [-0.05, 0) is 37.1 Å². The molecule has 0 unspecified atom stereocenters. The van der Waals surface area contributed by atoms with Crippen LogP contribution in [0.1, 0.15) is 36.5 Å². The minimum absolute atomic E-state index is 0.613. The molecule has 3 heterocycles. The maximum Gasteiger partial charge on any atom is 0.139 e. The van der Waals surface area contributed by atoms with Crippen molar-refractivity contribution in [3.8, 4) is 0 Å². The lowest BCUT2D eigenvalue weighted by molar-refractivity contribution is 0.651. The summed E-state index contributed by atoms with van der Waals surface area (Å²) in [5, 5.41) is 11.2. The lowest BCUT2D eigenvalue weighted by Gasteiger charge is -2.10. The highest BCUT2D eigenvalue weighted by molar-refractivity contribution is 7.17. The number of aromatic nitrogens is 4. The summed E-state index contributed by atoms with van der Waals surface area (Å²) in [6.07, 6.45) is 2.96. The fraction of sp³-hybridized carbons (Fsp3) is 0.471. The van der Waals surface area contributed by atoms with E-state index in [1.165, 1.54) is 22.2 Å². The zero-order valence-corrected chi connectivity index (χ0v) is 15.2. The predicted molar refractivity (Wildman–Crippen MR) is 96.0 cm³/mol. The predicted octanol–water partition coefficient (Wildman–Crippen LogP) is 3.85. The molecule has 1 N–H and O–H groups in total. The Morgan fingerprint density at radius 3 is 2.65 bits per heavy atom. The third kappa shape index (κ3) is 3.22. The Bertz CT molecular complexity index is 831. The van der Waals surface area contributed by atoms with Gasteiger partial charge >= 0.3 is 0 Å². The lowest BCUT2D eigenvalue weighted by Crippen LogP contribution is -2.06. The van der Waals surface area contributed by atoms with Crippen molar-refractivity contribution in [2.75, 3.05) is 5.32 Å². The summed E-state index contributed by atoms with van der Waals surface area (Å²) >= 11 is 1.71. The van der Waals surface area contributed by atoms with Gasteiger partial charge in [0.15, 0.2) is 0 Å². The van der Waals surface area contributed by atoms with Gasteiger partial charge in [0, 0.05) is 24.8 Å². The van der Waals surface area contributed by atoms with Crippen LogP contribution in [-0.2, 0) is 20.0 Å². The van der Waals surface area contributed by atoms with Crippen molar-refractivity contribution in [1.82, 2.24) is 19.7 Å². The van der Waals surface area contributed by atoms with E-state index in [4.69, 9.17) is 0 Å². The molecule has 0 atom stereocenters. The van der Waals surface area contributed by atoms with E-state index in [1.54, 1.807) is 11.3 Å². The SMILES string of the molecule is Cc1nc(NCc2cnn(C)c2C)c2c(CC(C)C)csc2n1. The van der Waals surface area contributed by atoms with Gasteiger partial charge in [-0.1, -0.05) is 13.8 Å². The number of nitrogens with one attached hydrogen (secondary N) is 1. The molecule has 0 aliphatic heterocycles. The first kappa shape index (κ1) is 15.9. The maximum atomic E-state index is 4.65. The largest absolute Gasteiger partial charge is 0.365 e. The zero-order valence-electron chi connectivity index (χ0n) is 14.3. The van der Waals surface area contributed by atoms with Crippen molar-refractivity contribution >= 4 is 27.4 Å². The highest BCUT2D eigenvalue weighted by atomic mass is 32.1. The molecule has 0 aliphatic rings. The van der Waals surface area contributed by atoms with Gasteiger partial charge in [0.25, 0.3) is 0 Å². The van der Waals surface area contributed by atoms with Gasteiger partial charge in [0.2, 0.25) is 0 Å². The first-order valence-corrected chi connectivity index (χ1v) is 8.79. The number of thiophene rings is 1. The molecule has 0 spiro atoms. The van der Waals surface area contributed by atoms with Crippen molar-refractivity contribution in [3.05, 3.63) is 34.2 Å². The van der Waals surface area contributed by atoms with E-state index < -0.39 is 0 Å². The second-order valence-corrected chi connectivity index (χ2v) is 7.25. The van der Waals surface area contributed by atoms with Crippen LogP contribution in [0.5, 0.6) is 0 Å². The number of nitrogens with zero attached hydrogens (tertiary/aromatic N) is 4. The standard InChI is InChI=1S/C17H23N5S/c1-10(2)6-13-9-23-17-15(13)16(20-12(4)21-17)18-7-14-8-19-22(5)11(14)3/h8-10H,6-7H2,1-5H3,(H,18,20,21). The van der Waals surface area contributed by atoms with Crippen LogP contribution in [-0.4, -0.2) is 19.7 Å². The van der Waals surface area contributed by atoms with E-state index in [0.717, 1.165) is 29.4 Å². The molecule has 0 saturated carbocycles. The van der Waals surface area contributed by atoms with Crippen molar-refractivity contribution in [2.24, 2.45) is 13.0 Å². The van der Waals surface area contributed by atoms with E-state index in [-0.39, 0.29) is 0 Å². The van der Waals surface area contributed by atoms with Crippen LogP contribution in [0.25, 0.3) is 10.2 Å². The first-order chi connectivity index (χ1) is 11.0. The number of aryl methyl sites for hydroxylation is 2. The molecule has 0 aromatic carbocycles. The number of fused-ring (bicyclic) bond motifs is 1. The second kappa shape index (κ2) is 6.28. The monoisotopic (exact) mass is 329 g/mol. The van der Waals surface area contributed by atoms with Crippen molar-refractivity contribution in [1.29, 1.82) is 0 Å². The molecule has 0 amide bonds. The summed E-state index contributed by atoms with van der Waals surface area (Å²) in [5.74, 6) is 2.36. The molecular formula is C17H23N5S. The van der Waals surface area contributed by atoms with Crippen LogP contribution in [0.2, 0.25) is 0 Å². The summed E-state index contributed by atoms with van der Waals surface area (Å²) in [6.45, 7) is 9.24. The van der Waals surface area contributed by atoms with Crippen molar-refractivity contribution in [2.45, 2.75) is 40.7 Å². The van der Waals surface area contributed by atoms with E-state index in [9.17, 15) is 0 Å². The van der Waals surface area contributed by atoms with Gasteiger partial charge in [0.05, 0.1) is 11.6 Å². The number of hydrogen-bond acceptors (Lipinski definition) is 5. The van der Waals surface area contributed by atoms with Crippen LogP contribution >= 0.6 is 11.3 Å².